The van der Waals surface area contributed by atoms with E-state index in [4.69, 9.17) is 23.2 Å². The lowest BCUT2D eigenvalue weighted by Gasteiger charge is -2.31. The van der Waals surface area contributed by atoms with Gasteiger partial charge in [0.2, 0.25) is 10.0 Å². The molecule has 8 heteroatoms. The van der Waals surface area contributed by atoms with Gasteiger partial charge in [0.05, 0.1) is 22.0 Å². The van der Waals surface area contributed by atoms with E-state index >= 15 is 0 Å². The van der Waals surface area contributed by atoms with Crippen LogP contribution in [0.5, 0.6) is 0 Å². The Labute approximate surface area is 163 Å². The first-order valence-corrected chi connectivity index (χ1v) is 10.6. The molecule has 1 amide bonds. The number of benzene rings is 2. The molecule has 0 aliphatic carbocycles. The molecule has 138 valence electrons. The molecule has 0 spiro atoms. The van der Waals surface area contributed by atoms with Gasteiger partial charge in [0.15, 0.2) is 0 Å². The molecule has 0 saturated carbocycles. The van der Waals surface area contributed by atoms with Crippen LogP contribution in [0.3, 0.4) is 0 Å². The Morgan fingerprint density at radius 3 is 2.50 bits per heavy atom. The SMILES string of the molecule is C[C@@H](C(=O)N1CCc2ccccc21)N(c1ccc(Cl)c(Cl)c1)S(C)(=O)=O. The fourth-order valence-electron chi connectivity index (χ4n) is 3.22. The van der Waals surface area contributed by atoms with Crippen molar-refractivity contribution in [2.45, 2.75) is 19.4 Å². The number of carbonyl (C=O) groups excluding carboxylic acids is 1. The van der Waals surface area contributed by atoms with E-state index in [-0.39, 0.29) is 10.9 Å². The number of sulfonamides is 1. The van der Waals surface area contributed by atoms with Gasteiger partial charge in [-0.3, -0.25) is 9.10 Å². The summed E-state index contributed by atoms with van der Waals surface area (Å²) >= 11 is 12.0. The molecule has 1 heterocycles. The van der Waals surface area contributed by atoms with Crippen LogP contribution in [0, 0.1) is 0 Å². The van der Waals surface area contributed by atoms with Gasteiger partial charge in [-0.15, -0.1) is 0 Å². The highest BCUT2D eigenvalue weighted by Crippen LogP contribution is 2.32. The lowest BCUT2D eigenvalue weighted by atomic mass is 10.2. The smallest absolute Gasteiger partial charge is 0.250 e. The molecule has 1 aliphatic heterocycles. The molecule has 0 aromatic heterocycles. The van der Waals surface area contributed by atoms with Crippen LogP contribution in [0.2, 0.25) is 10.0 Å². The van der Waals surface area contributed by atoms with Gasteiger partial charge in [0, 0.05) is 12.2 Å². The summed E-state index contributed by atoms with van der Waals surface area (Å²) < 4.78 is 25.9. The molecule has 3 rings (SSSR count). The maximum atomic E-state index is 13.1. The molecule has 0 saturated heterocycles. The lowest BCUT2D eigenvalue weighted by molar-refractivity contribution is -0.119. The largest absolute Gasteiger partial charge is 0.310 e. The minimum Gasteiger partial charge on any atom is -0.310 e. The number of fused-ring (bicyclic) bond motifs is 1. The zero-order chi connectivity index (χ0) is 19.1. The van der Waals surface area contributed by atoms with Crippen LogP contribution in [-0.2, 0) is 21.2 Å². The molecule has 0 bridgehead atoms. The van der Waals surface area contributed by atoms with Crippen molar-refractivity contribution in [1.82, 2.24) is 0 Å². The standard InChI is InChI=1S/C18H18Cl2N2O3S/c1-12(18(23)21-10-9-13-5-3-4-6-17(13)21)22(26(2,24)25)14-7-8-15(19)16(20)11-14/h3-8,11-12H,9-10H2,1-2H3/t12-/m0/s1. The summed E-state index contributed by atoms with van der Waals surface area (Å²) in [6.07, 6.45) is 1.82. The van der Waals surface area contributed by atoms with E-state index in [0.717, 1.165) is 28.2 Å². The van der Waals surface area contributed by atoms with E-state index in [1.54, 1.807) is 11.8 Å². The van der Waals surface area contributed by atoms with Gasteiger partial charge in [0.1, 0.15) is 6.04 Å². The van der Waals surface area contributed by atoms with Crippen LogP contribution < -0.4 is 9.21 Å². The molecule has 0 unspecified atom stereocenters. The molecule has 5 nitrogen and oxygen atoms in total. The van der Waals surface area contributed by atoms with Crippen LogP contribution >= 0.6 is 23.2 Å². The molecule has 0 fully saturated rings. The molecule has 1 aliphatic rings. The maximum Gasteiger partial charge on any atom is 0.250 e. The van der Waals surface area contributed by atoms with Crippen molar-refractivity contribution < 1.29 is 13.2 Å². The number of hydrogen-bond acceptors (Lipinski definition) is 3. The van der Waals surface area contributed by atoms with E-state index in [1.165, 1.54) is 18.2 Å². The van der Waals surface area contributed by atoms with Crippen molar-refractivity contribution in [2.24, 2.45) is 0 Å². The van der Waals surface area contributed by atoms with Crippen LogP contribution in [0.4, 0.5) is 11.4 Å². The minimum atomic E-state index is -3.71. The van der Waals surface area contributed by atoms with E-state index in [9.17, 15) is 13.2 Å². The van der Waals surface area contributed by atoms with Crippen molar-refractivity contribution >= 4 is 50.5 Å². The number of anilines is 2. The second kappa shape index (κ2) is 7.10. The number of hydrogen-bond donors (Lipinski definition) is 0. The summed E-state index contributed by atoms with van der Waals surface area (Å²) in [6, 6.07) is 11.2. The number of amides is 1. The zero-order valence-corrected chi connectivity index (χ0v) is 16.6. The van der Waals surface area contributed by atoms with Crippen LogP contribution in [0.1, 0.15) is 12.5 Å². The number of halogens is 2. The Morgan fingerprint density at radius 2 is 1.85 bits per heavy atom. The van der Waals surface area contributed by atoms with Crippen molar-refractivity contribution in [3.63, 3.8) is 0 Å². The quantitative estimate of drug-likeness (QED) is 0.768. The first-order valence-electron chi connectivity index (χ1n) is 8.04. The van der Waals surface area contributed by atoms with Gasteiger partial charge >= 0.3 is 0 Å². The van der Waals surface area contributed by atoms with Crippen LogP contribution in [0.15, 0.2) is 42.5 Å². The summed E-state index contributed by atoms with van der Waals surface area (Å²) in [7, 11) is -3.71. The van der Waals surface area contributed by atoms with Crippen LogP contribution in [0.25, 0.3) is 0 Å². The summed E-state index contributed by atoms with van der Waals surface area (Å²) in [5, 5.41) is 0.542. The Bertz CT molecular complexity index is 963. The summed E-state index contributed by atoms with van der Waals surface area (Å²) in [4.78, 5) is 14.7. The zero-order valence-electron chi connectivity index (χ0n) is 14.3. The lowest BCUT2D eigenvalue weighted by Crippen LogP contribution is -2.49. The third-order valence-electron chi connectivity index (χ3n) is 4.38. The Morgan fingerprint density at radius 1 is 1.15 bits per heavy atom. The van der Waals surface area contributed by atoms with Gasteiger partial charge in [0.25, 0.3) is 5.91 Å². The predicted molar refractivity (Wildman–Crippen MR) is 106 cm³/mol. The molecule has 0 N–H and O–H groups in total. The van der Waals surface area contributed by atoms with E-state index in [2.05, 4.69) is 0 Å². The molecule has 0 radical (unpaired) electrons. The summed E-state index contributed by atoms with van der Waals surface area (Å²) in [5.41, 5.74) is 2.20. The van der Waals surface area contributed by atoms with Gasteiger partial charge < -0.3 is 4.90 Å². The normalized spacial score (nSPS) is 14.8. The van der Waals surface area contributed by atoms with E-state index < -0.39 is 16.1 Å². The van der Waals surface area contributed by atoms with Gasteiger partial charge in [-0.1, -0.05) is 41.4 Å². The monoisotopic (exact) mass is 412 g/mol. The van der Waals surface area contributed by atoms with Crippen molar-refractivity contribution in [3.8, 4) is 0 Å². The third kappa shape index (κ3) is 3.54. The van der Waals surface area contributed by atoms with E-state index in [1.807, 2.05) is 24.3 Å². The topological polar surface area (TPSA) is 57.7 Å². The number of nitrogens with zero attached hydrogens (tertiary/aromatic N) is 2. The number of carbonyl (C=O) groups is 1. The van der Waals surface area contributed by atoms with Crippen molar-refractivity contribution in [2.75, 3.05) is 22.0 Å². The molecule has 2 aromatic carbocycles. The first kappa shape index (κ1) is 19.0. The average Bonchev–Trinajstić information content (AvgIpc) is 3.00. The van der Waals surface area contributed by atoms with Gasteiger partial charge in [-0.2, -0.15) is 0 Å². The Balaban J connectivity index is 1.97. The van der Waals surface area contributed by atoms with Crippen molar-refractivity contribution in [3.05, 3.63) is 58.1 Å². The average molecular weight is 413 g/mol. The molecule has 2 aromatic rings. The fourth-order valence-corrected chi connectivity index (χ4v) is 4.67. The second-order valence-electron chi connectivity index (χ2n) is 6.20. The summed E-state index contributed by atoms with van der Waals surface area (Å²) in [5.74, 6) is -0.286. The summed E-state index contributed by atoms with van der Waals surface area (Å²) in [6.45, 7) is 2.11. The molecule has 1 atom stereocenters. The molecular weight excluding hydrogens is 395 g/mol. The number of para-hydroxylation sites is 1. The third-order valence-corrected chi connectivity index (χ3v) is 6.36. The Hall–Kier alpha value is -1.76. The predicted octanol–water partition coefficient (Wildman–Crippen LogP) is 3.74. The van der Waals surface area contributed by atoms with Gasteiger partial charge in [-0.25, -0.2) is 8.42 Å². The first-order chi connectivity index (χ1) is 12.2. The highest BCUT2D eigenvalue weighted by molar-refractivity contribution is 7.92. The Kier molecular flexibility index (Phi) is 5.19. The minimum absolute atomic E-state index is 0.226. The maximum absolute atomic E-state index is 13.1. The van der Waals surface area contributed by atoms with Crippen molar-refractivity contribution in [1.29, 1.82) is 0 Å². The highest BCUT2D eigenvalue weighted by Gasteiger charge is 2.35. The molecular formula is C18H18Cl2N2O3S. The fraction of sp³-hybridized carbons (Fsp3) is 0.278. The van der Waals surface area contributed by atoms with Gasteiger partial charge in [-0.05, 0) is 43.2 Å². The molecule has 26 heavy (non-hydrogen) atoms. The van der Waals surface area contributed by atoms with Crippen LogP contribution in [-0.4, -0.2) is 33.2 Å². The van der Waals surface area contributed by atoms with E-state index in [0.29, 0.717) is 17.3 Å². The second-order valence-corrected chi connectivity index (χ2v) is 8.88. The number of rotatable bonds is 4. The highest BCUT2D eigenvalue weighted by atomic mass is 35.5.